The fraction of sp³-hybridized carbons (Fsp3) is 0.486. The highest BCUT2D eigenvalue weighted by Crippen LogP contribution is 2.61. The molecule has 4 saturated heterocycles. The van der Waals surface area contributed by atoms with Gasteiger partial charge in [-0.15, -0.1) is 0 Å². The molecule has 0 radical (unpaired) electrons. The lowest BCUT2D eigenvalue weighted by atomic mass is 9.57. The molecule has 1 aliphatic carbocycles. The molecular weight excluding hydrogens is 662 g/mol. The first kappa shape index (κ1) is 35.1. The van der Waals surface area contributed by atoms with E-state index in [1.807, 2.05) is 6.92 Å². The first-order valence-electron chi connectivity index (χ1n) is 15.8. The van der Waals surface area contributed by atoms with E-state index in [-0.39, 0.29) is 18.3 Å². The minimum atomic E-state index is -4.49. The molecule has 8 nitrogen and oxygen atoms in total. The van der Waals surface area contributed by atoms with Crippen LogP contribution in [0.2, 0.25) is 0 Å². The van der Waals surface area contributed by atoms with E-state index in [4.69, 9.17) is 28.7 Å². The summed E-state index contributed by atoms with van der Waals surface area (Å²) in [4.78, 5) is 37.8. The highest BCUT2D eigenvalue weighted by Gasteiger charge is 2.71. The van der Waals surface area contributed by atoms with Crippen molar-refractivity contribution < 1.29 is 64.7 Å². The van der Waals surface area contributed by atoms with Gasteiger partial charge in [0.05, 0.1) is 11.1 Å². The minimum absolute atomic E-state index is 0.253. The van der Waals surface area contributed by atoms with E-state index in [2.05, 4.69) is 0 Å². The van der Waals surface area contributed by atoms with Crippen molar-refractivity contribution in [1.29, 1.82) is 0 Å². The summed E-state index contributed by atoms with van der Waals surface area (Å²) in [6.07, 6.45) is -5.50. The predicted molar refractivity (Wildman–Crippen MR) is 159 cm³/mol. The van der Waals surface area contributed by atoms with Crippen molar-refractivity contribution in [1.82, 2.24) is 0 Å². The molecule has 264 valence electrons. The summed E-state index contributed by atoms with van der Waals surface area (Å²) < 4.78 is 102. The van der Waals surface area contributed by atoms with Crippen molar-refractivity contribution in [3.05, 3.63) is 82.9 Å². The molecule has 4 aliphatic heterocycles. The normalized spacial score (nSPS) is 34.4. The molecule has 0 aromatic heterocycles. The number of esters is 2. The Morgan fingerprint density at radius 3 is 1.84 bits per heavy atom. The van der Waals surface area contributed by atoms with Crippen LogP contribution in [0, 0.1) is 23.7 Å². The van der Waals surface area contributed by atoms with Crippen LogP contribution in [0.4, 0.5) is 26.3 Å². The third kappa shape index (κ3) is 7.01. The standard InChI is InChI=1S/C35H34F6O8/c1-19-25-16-17-32(3)47-31-33(25,49-48-32)26(18-27(19)44-28(42)14-8-21-4-10-23(11-5-21)34(36,37)38)20(2)30(46-31)45-29(43)15-9-22-6-12-24(13-7-22)35(39,40)41/h4-15,19-20,25-27,30-31H,16-18H2,1-3H3/b14-8+,15-9+/t19-,20+,25-,26-,27+,30+,31+,32+,33+/m0/s1. The zero-order chi connectivity index (χ0) is 35.4. The van der Waals surface area contributed by atoms with Gasteiger partial charge in [-0.05, 0) is 73.2 Å². The number of alkyl halides is 6. The van der Waals surface area contributed by atoms with Gasteiger partial charge in [0.15, 0.2) is 11.9 Å². The van der Waals surface area contributed by atoms with Crippen LogP contribution in [-0.2, 0) is 50.7 Å². The number of carbonyl (C=O) groups excluding carboxylic acids is 2. The maximum Gasteiger partial charge on any atom is 0.416 e. The molecule has 5 aliphatic rings. The van der Waals surface area contributed by atoms with Crippen molar-refractivity contribution >= 4 is 24.1 Å². The second-order valence-corrected chi connectivity index (χ2v) is 13.1. The van der Waals surface area contributed by atoms with Crippen LogP contribution < -0.4 is 0 Å². The van der Waals surface area contributed by atoms with Gasteiger partial charge in [-0.2, -0.15) is 26.3 Å². The molecule has 1 saturated carbocycles. The fourth-order valence-electron chi connectivity index (χ4n) is 7.33. The number of hydrogen-bond acceptors (Lipinski definition) is 8. The van der Waals surface area contributed by atoms with Gasteiger partial charge >= 0.3 is 24.3 Å². The first-order chi connectivity index (χ1) is 23.0. The molecule has 2 bridgehead atoms. The van der Waals surface area contributed by atoms with Gasteiger partial charge in [-0.25, -0.2) is 19.4 Å². The highest BCUT2D eigenvalue weighted by atomic mass is 19.4. The van der Waals surface area contributed by atoms with Crippen molar-refractivity contribution in [2.75, 3.05) is 0 Å². The average Bonchev–Trinajstić information content (AvgIpc) is 3.27. The summed E-state index contributed by atoms with van der Waals surface area (Å²) in [5, 5.41) is 0. The number of ether oxygens (including phenoxy) is 4. The number of benzene rings is 2. The number of carbonyl (C=O) groups is 2. The topological polar surface area (TPSA) is 89.5 Å². The van der Waals surface area contributed by atoms with Gasteiger partial charge in [0.2, 0.25) is 12.1 Å². The second kappa shape index (κ2) is 12.9. The van der Waals surface area contributed by atoms with Crippen molar-refractivity contribution in [2.24, 2.45) is 23.7 Å². The fourth-order valence-corrected chi connectivity index (χ4v) is 7.33. The molecule has 4 heterocycles. The Morgan fingerprint density at radius 1 is 0.776 bits per heavy atom. The molecule has 0 unspecified atom stereocenters. The maximum atomic E-state index is 13.0. The Labute approximate surface area is 277 Å². The zero-order valence-corrected chi connectivity index (χ0v) is 26.6. The Hall–Kier alpha value is -3.72. The second-order valence-electron chi connectivity index (χ2n) is 13.1. The van der Waals surface area contributed by atoms with Crippen LogP contribution in [0.5, 0.6) is 0 Å². The van der Waals surface area contributed by atoms with Gasteiger partial charge in [-0.3, -0.25) is 0 Å². The third-order valence-electron chi connectivity index (χ3n) is 9.98. The Morgan fingerprint density at radius 2 is 1.31 bits per heavy atom. The lowest BCUT2D eigenvalue weighted by molar-refractivity contribution is -0.577. The maximum absolute atomic E-state index is 13.0. The van der Waals surface area contributed by atoms with Crippen LogP contribution in [0.1, 0.15) is 62.3 Å². The Bertz CT molecular complexity index is 1600. The van der Waals surface area contributed by atoms with Crippen LogP contribution in [0.25, 0.3) is 12.2 Å². The van der Waals surface area contributed by atoms with Gasteiger partial charge in [0.1, 0.15) is 6.10 Å². The van der Waals surface area contributed by atoms with E-state index >= 15 is 0 Å². The Balaban J connectivity index is 1.18. The number of hydrogen-bond donors (Lipinski definition) is 0. The molecule has 1 spiro atoms. The van der Waals surface area contributed by atoms with Crippen molar-refractivity contribution in [3.8, 4) is 0 Å². The summed E-state index contributed by atoms with van der Waals surface area (Å²) in [7, 11) is 0. The molecule has 5 fully saturated rings. The molecule has 0 N–H and O–H groups in total. The van der Waals surface area contributed by atoms with E-state index in [0.29, 0.717) is 24.0 Å². The van der Waals surface area contributed by atoms with Gasteiger partial charge in [0, 0.05) is 36.3 Å². The van der Waals surface area contributed by atoms with E-state index in [9.17, 15) is 35.9 Å². The molecule has 9 atom stereocenters. The number of fused-ring (bicyclic) bond motifs is 2. The van der Waals surface area contributed by atoms with E-state index in [1.165, 1.54) is 36.4 Å². The highest BCUT2D eigenvalue weighted by molar-refractivity contribution is 5.87. The van der Waals surface area contributed by atoms with Crippen molar-refractivity contribution in [3.63, 3.8) is 0 Å². The van der Waals surface area contributed by atoms with Crippen LogP contribution in [-0.4, -0.2) is 42.0 Å². The third-order valence-corrected chi connectivity index (χ3v) is 9.98. The lowest BCUT2D eigenvalue weighted by Crippen LogP contribution is -2.72. The summed E-state index contributed by atoms with van der Waals surface area (Å²) >= 11 is 0. The van der Waals surface area contributed by atoms with Crippen molar-refractivity contribution in [2.45, 2.75) is 82.5 Å². The number of halogens is 6. The van der Waals surface area contributed by atoms with Crippen LogP contribution in [0.15, 0.2) is 60.7 Å². The largest absolute Gasteiger partial charge is 0.459 e. The summed E-state index contributed by atoms with van der Waals surface area (Å²) in [6.45, 7) is 5.43. The zero-order valence-electron chi connectivity index (χ0n) is 26.6. The first-order valence-corrected chi connectivity index (χ1v) is 15.8. The SMILES string of the molecule is C[C@@H]1[C@H](OC(=O)/C=C/c2ccc(C(F)(F)F)cc2)C[C@H]2[C@@H](C)[C@H](OC(=O)/C=C/c3ccc(C(F)(F)F)cc3)O[C@@H]3O[C@@]4(C)CC[C@@H]1[C@]32OO4. The van der Waals surface area contributed by atoms with Crippen LogP contribution in [0.3, 0.4) is 0 Å². The van der Waals surface area contributed by atoms with Gasteiger partial charge < -0.3 is 18.9 Å². The Kier molecular flexibility index (Phi) is 9.22. The number of rotatable bonds is 6. The lowest BCUT2D eigenvalue weighted by Gasteiger charge is -2.60. The van der Waals surface area contributed by atoms with Gasteiger partial charge in [-0.1, -0.05) is 38.1 Å². The molecule has 2 aromatic carbocycles. The quantitative estimate of drug-likeness (QED) is 0.131. The molecule has 2 aromatic rings. The van der Waals surface area contributed by atoms with Crippen LogP contribution >= 0.6 is 0 Å². The molecule has 7 rings (SSSR count). The van der Waals surface area contributed by atoms with E-state index < -0.39 is 77.3 Å². The average molecular weight is 697 g/mol. The summed E-state index contributed by atoms with van der Waals surface area (Å²) in [6, 6.07) is 8.64. The predicted octanol–water partition coefficient (Wildman–Crippen LogP) is 7.72. The smallest absolute Gasteiger partial charge is 0.416 e. The molecular formula is C35H34F6O8. The van der Waals surface area contributed by atoms with E-state index in [0.717, 1.165) is 36.4 Å². The summed E-state index contributed by atoms with van der Waals surface area (Å²) in [5.41, 5.74) is -2.00. The molecule has 14 heteroatoms. The minimum Gasteiger partial charge on any atom is -0.459 e. The summed E-state index contributed by atoms with van der Waals surface area (Å²) in [5.74, 6) is -4.14. The monoisotopic (exact) mass is 696 g/mol. The van der Waals surface area contributed by atoms with E-state index in [1.54, 1.807) is 13.8 Å². The molecule has 0 amide bonds. The van der Waals surface area contributed by atoms with Gasteiger partial charge in [0.25, 0.3) is 0 Å². The molecule has 49 heavy (non-hydrogen) atoms.